The molecule has 1 atom stereocenters. The van der Waals surface area contributed by atoms with Crippen LogP contribution in [0.15, 0.2) is 16.6 Å². The van der Waals surface area contributed by atoms with Crippen molar-refractivity contribution in [3.05, 3.63) is 27.4 Å². The molecule has 0 amide bonds. The summed E-state index contributed by atoms with van der Waals surface area (Å²) in [5, 5.41) is -0.0117. The highest BCUT2D eigenvalue weighted by Crippen LogP contribution is 2.31. The molecule has 1 aromatic rings. The van der Waals surface area contributed by atoms with Crippen LogP contribution in [-0.4, -0.2) is 18.7 Å². The molecule has 0 aliphatic heterocycles. The molecule has 19 heavy (non-hydrogen) atoms. The topological polar surface area (TPSA) is 35.5 Å². The maximum absolute atomic E-state index is 13.4. The lowest BCUT2D eigenvalue weighted by atomic mass is 10.2. The van der Waals surface area contributed by atoms with E-state index < -0.39 is 17.9 Å². The lowest BCUT2D eigenvalue weighted by Gasteiger charge is -2.18. The molecular weight excluding hydrogens is 338 g/mol. The molecule has 106 valence electrons. The minimum absolute atomic E-state index is 0.0117. The van der Waals surface area contributed by atoms with Gasteiger partial charge >= 0.3 is 5.97 Å². The number of halogens is 3. The van der Waals surface area contributed by atoms with Crippen molar-refractivity contribution in [3.8, 4) is 5.75 Å². The Morgan fingerprint density at radius 1 is 1.47 bits per heavy atom. The van der Waals surface area contributed by atoms with Gasteiger partial charge in [0.15, 0.2) is 6.10 Å². The van der Waals surface area contributed by atoms with Gasteiger partial charge in [0.1, 0.15) is 11.6 Å². The molecule has 6 heteroatoms. The van der Waals surface area contributed by atoms with E-state index in [1.807, 2.05) is 6.92 Å². The molecule has 1 rings (SSSR count). The number of hydrogen-bond acceptors (Lipinski definition) is 3. The molecule has 0 heterocycles. The summed E-state index contributed by atoms with van der Waals surface area (Å²) in [6.45, 7) is 3.92. The van der Waals surface area contributed by atoms with Crippen molar-refractivity contribution >= 4 is 33.5 Å². The molecular formula is C13H15BrClFO3. The summed E-state index contributed by atoms with van der Waals surface area (Å²) in [5.74, 6) is -0.820. The maximum Gasteiger partial charge on any atom is 0.347 e. The summed E-state index contributed by atoms with van der Waals surface area (Å²) in [6, 6.07) is 2.54. The van der Waals surface area contributed by atoms with Gasteiger partial charge in [-0.05, 0) is 35.3 Å². The van der Waals surface area contributed by atoms with Crippen molar-refractivity contribution in [2.45, 2.75) is 32.8 Å². The summed E-state index contributed by atoms with van der Waals surface area (Å²) >= 11 is 8.86. The smallest absolute Gasteiger partial charge is 0.347 e. The summed E-state index contributed by atoms with van der Waals surface area (Å²) in [7, 11) is 0. The third-order valence-electron chi connectivity index (χ3n) is 2.34. The first-order chi connectivity index (χ1) is 8.99. The van der Waals surface area contributed by atoms with Gasteiger partial charge in [-0.2, -0.15) is 0 Å². The lowest BCUT2D eigenvalue weighted by molar-refractivity contribution is -0.151. The second-order valence-corrected chi connectivity index (χ2v) is 5.11. The number of ether oxygens (including phenoxy) is 2. The SMILES string of the molecule is CCCC(Oc1cc(F)c(Cl)cc1Br)C(=O)OCC. The van der Waals surface area contributed by atoms with Gasteiger partial charge in [-0.3, -0.25) is 0 Å². The summed E-state index contributed by atoms with van der Waals surface area (Å²) < 4.78 is 24.3. The van der Waals surface area contributed by atoms with Crippen LogP contribution in [0.25, 0.3) is 0 Å². The molecule has 3 nitrogen and oxygen atoms in total. The van der Waals surface area contributed by atoms with Crippen LogP contribution in [-0.2, 0) is 9.53 Å². The van der Waals surface area contributed by atoms with Gasteiger partial charge in [0.2, 0.25) is 0 Å². The van der Waals surface area contributed by atoms with Crippen LogP contribution in [0.2, 0.25) is 5.02 Å². The van der Waals surface area contributed by atoms with E-state index in [1.165, 1.54) is 6.07 Å². The molecule has 0 spiro atoms. The van der Waals surface area contributed by atoms with E-state index in [-0.39, 0.29) is 17.4 Å². The van der Waals surface area contributed by atoms with Crippen LogP contribution in [0.1, 0.15) is 26.7 Å². The van der Waals surface area contributed by atoms with Gasteiger partial charge in [0, 0.05) is 6.07 Å². The van der Waals surface area contributed by atoms with Gasteiger partial charge in [-0.1, -0.05) is 24.9 Å². The zero-order valence-corrected chi connectivity index (χ0v) is 13.1. The molecule has 0 bridgehead atoms. The monoisotopic (exact) mass is 352 g/mol. The minimum Gasteiger partial charge on any atom is -0.477 e. The Bertz CT molecular complexity index is 454. The van der Waals surface area contributed by atoms with Crippen LogP contribution >= 0.6 is 27.5 Å². The molecule has 0 fully saturated rings. The van der Waals surface area contributed by atoms with E-state index in [0.717, 1.165) is 12.5 Å². The van der Waals surface area contributed by atoms with Crippen molar-refractivity contribution < 1.29 is 18.7 Å². The largest absolute Gasteiger partial charge is 0.477 e. The van der Waals surface area contributed by atoms with Crippen LogP contribution in [0, 0.1) is 5.82 Å². The predicted molar refractivity (Wildman–Crippen MR) is 75.1 cm³/mol. The summed E-state index contributed by atoms with van der Waals surface area (Å²) in [6.07, 6.45) is 0.494. The number of hydrogen-bond donors (Lipinski definition) is 0. The van der Waals surface area contributed by atoms with Crippen molar-refractivity contribution in [1.82, 2.24) is 0 Å². The third kappa shape index (κ3) is 4.66. The Balaban J connectivity index is 2.90. The summed E-state index contributed by atoms with van der Waals surface area (Å²) in [4.78, 5) is 11.7. The van der Waals surface area contributed by atoms with Gasteiger partial charge in [0.05, 0.1) is 16.1 Å². The number of esters is 1. The average Bonchev–Trinajstić information content (AvgIpc) is 2.35. The highest BCUT2D eigenvalue weighted by molar-refractivity contribution is 9.10. The van der Waals surface area contributed by atoms with Crippen LogP contribution in [0.3, 0.4) is 0 Å². The first kappa shape index (κ1) is 16.2. The van der Waals surface area contributed by atoms with E-state index >= 15 is 0 Å². The van der Waals surface area contributed by atoms with E-state index in [4.69, 9.17) is 21.1 Å². The standard InChI is InChI=1S/C13H15BrClFO3/c1-3-5-11(13(17)18-4-2)19-12-7-10(16)9(15)6-8(12)14/h6-7,11H,3-5H2,1-2H3. The van der Waals surface area contributed by atoms with Crippen molar-refractivity contribution in [1.29, 1.82) is 0 Å². The van der Waals surface area contributed by atoms with Gasteiger partial charge < -0.3 is 9.47 Å². The predicted octanol–water partition coefficient (Wildman–Crippen LogP) is 4.35. The van der Waals surface area contributed by atoms with Crippen molar-refractivity contribution in [3.63, 3.8) is 0 Å². The lowest BCUT2D eigenvalue weighted by Crippen LogP contribution is -2.29. The highest BCUT2D eigenvalue weighted by Gasteiger charge is 2.22. The number of carbonyl (C=O) groups is 1. The molecule has 0 N–H and O–H groups in total. The second kappa shape index (κ2) is 7.70. The van der Waals surface area contributed by atoms with Gasteiger partial charge in [-0.15, -0.1) is 0 Å². The molecule has 0 radical (unpaired) electrons. The Morgan fingerprint density at radius 2 is 2.16 bits per heavy atom. The molecule has 0 aliphatic rings. The maximum atomic E-state index is 13.4. The Morgan fingerprint density at radius 3 is 2.74 bits per heavy atom. The number of benzene rings is 1. The first-order valence-corrected chi connectivity index (χ1v) is 7.14. The van der Waals surface area contributed by atoms with E-state index in [9.17, 15) is 9.18 Å². The average molecular weight is 354 g/mol. The molecule has 1 aromatic carbocycles. The molecule has 0 saturated heterocycles. The van der Waals surface area contributed by atoms with Crippen LogP contribution in [0.4, 0.5) is 4.39 Å². The molecule has 0 saturated carbocycles. The zero-order valence-electron chi connectivity index (χ0n) is 10.7. The van der Waals surface area contributed by atoms with Crippen molar-refractivity contribution in [2.24, 2.45) is 0 Å². The second-order valence-electron chi connectivity index (χ2n) is 3.84. The molecule has 1 unspecified atom stereocenters. The van der Waals surface area contributed by atoms with E-state index in [2.05, 4.69) is 15.9 Å². The van der Waals surface area contributed by atoms with Gasteiger partial charge in [0.25, 0.3) is 0 Å². The Labute approximate surface area is 125 Å². The molecule has 0 aromatic heterocycles. The van der Waals surface area contributed by atoms with E-state index in [1.54, 1.807) is 6.92 Å². The van der Waals surface area contributed by atoms with Crippen LogP contribution in [0.5, 0.6) is 5.75 Å². The minimum atomic E-state index is -0.748. The highest BCUT2D eigenvalue weighted by atomic mass is 79.9. The van der Waals surface area contributed by atoms with E-state index in [0.29, 0.717) is 10.9 Å². The Kier molecular flexibility index (Phi) is 6.58. The zero-order chi connectivity index (χ0) is 14.4. The fourth-order valence-electron chi connectivity index (χ4n) is 1.47. The Hall–Kier alpha value is -0.810. The third-order valence-corrected chi connectivity index (χ3v) is 3.25. The normalized spacial score (nSPS) is 12.1. The quantitative estimate of drug-likeness (QED) is 0.563. The van der Waals surface area contributed by atoms with Crippen molar-refractivity contribution in [2.75, 3.05) is 6.61 Å². The number of rotatable bonds is 6. The first-order valence-electron chi connectivity index (χ1n) is 5.97. The number of carbonyl (C=O) groups excluding carboxylic acids is 1. The van der Waals surface area contributed by atoms with Crippen LogP contribution < -0.4 is 4.74 Å². The summed E-state index contributed by atoms with van der Waals surface area (Å²) in [5.41, 5.74) is 0. The fourth-order valence-corrected chi connectivity index (χ4v) is 2.20. The fraction of sp³-hybridized carbons (Fsp3) is 0.462. The molecule has 0 aliphatic carbocycles. The van der Waals surface area contributed by atoms with Gasteiger partial charge in [-0.25, -0.2) is 9.18 Å².